The van der Waals surface area contributed by atoms with Gasteiger partial charge in [-0.1, -0.05) is 36.4 Å². The minimum absolute atomic E-state index is 0.0748. The molecule has 0 aliphatic carbocycles. The predicted octanol–water partition coefficient (Wildman–Crippen LogP) is 2.64. The number of pyridine rings is 1. The zero-order valence-electron chi connectivity index (χ0n) is 14.0. The van der Waals surface area contributed by atoms with Gasteiger partial charge >= 0.3 is 0 Å². The maximum atomic E-state index is 12.2. The van der Waals surface area contributed by atoms with Crippen LogP contribution in [-0.2, 0) is 24.2 Å². The van der Waals surface area contributed by atoms with Crippen molar-refractivity contribution in [1.82, 2.24) is 24.9 Å². The van der Waals surface area contributed by atoms with E-state index in [9.17, 15) is 4.79 Å². The van der Waals surface area contributed by atoms with Crippen LogP contribution in [0.3, 0.4) is 0 Å². The molecule has 3 aromatic heterocycles. The number of amides is 1. The molecule has 0 saturated carbocycles. The van der Waals surface area contributed by atoms with E-state index in [-0.39, 0.29) is 12.3 Å². The number of carbonyl (C=O) groups is 1. The molecular weight excluding hydrogens is 346 g/mol. The Morgan fingerprint density at radius 2 is 1.92 bits per heavy atom. The molecule has 0 spiro atoms. The fourth-order valence-corrected chi connectivity index (χ4v) is 3.53. The molecule has 0 saturated heterocycles. The largest absolute Gasteiger partial charge is 0.348 e. The van der Waals surface area contributed by atoms with Gasteiger partial charge in [-0.25, -0.2) is 4.98 Å². The summed E-state index contributed by atoms with van der Waals surface area (Å²) in [5.74, 6) is 0.631. The second kappa shape index (κ2) is 7.45. The van der Waals surface area contributed by atoms with E-state index in [1.165, 1.54) is 5.56 Å². The molecule has 26 heavy (non-hydrogen) atoms. The minimum atomic E-state index is -0.0748. The van der Waals surface area contributed by atoms with E-state index < -0.39 is 0 Å². The number of hydrogen-bond donors (Lipinski definition) is 1. The highest BCUT2D eigenvalue weighted by Crippen LogP contribution is 2.15. The van der Waals surface area contributed by atoms with E-state index in [0.717, 1.165) is 22.8 Å². The molecule has 1 amide bonds. The molecule has 0 unspecified atom stereocenters. The molecule has 0 bridgehead atoms. The van der Waals surface area contributed by atoms with E-state index >= 15 is 0 Å². The van der Waals surface area contributed by atoms with E-state index in [2.05, 4.69) is 32.6 Å². The SMILES string of the molecule is O=C(Cc1csc(Cc2ccccc2)n1)NCc1nnc2ccccn12. The van der Waals surface area contributed by atoms with Gasteiger partial charge in [0.25, 0.3) is 0 Å². The van der Waals surface area contributed by atoms with Crippen molar-refractivity contribution in [3.05, 3.63) is 82.2 Å². The third kappa shape index (κ3) is 3.78. The van der Waals surface area contributed by atoms with Gasteiger partial charge in [0.15, 0.2) is 11.5 Å². The summed E-state index contributed by atoms with van der Waals surface area (Å²) in [5.41, 5.74) is 2.78. The molecule has 0 aliphatic heterocycles. The third-order valence-electron chi connectivity index (χ3n) is 3.97. The van der Waals surface area contributed by atoms with E-state index in [4.69, 9.17) is 0 Å². The highest BCUT2D eigenvalue weighted by molar-refractivity contribution is 7.09. The van der Waals surface area contributed by atoms with E-state index in [1.54, 1.807) is 11.3 Å². The van der Waals surface area contributed by atoms with Gasteiger partial charge in [-0.05, 0) is 17.7 Å². The van der Waals surface area contributed by atoms with E-state index in [0.29, 0.717) is 12.4 Å². The summed E-state index contributed by atoms with van der Waals surface area (Å²) in [6, 6.07) is 15.9. The van der Waals surface area contributed by atoms with Gasteiger partial charge in [0.05, 0.1) is 23.7 Å². The smallest absolute Gasteiger partial charge is 0.226 e. The lowest BCUT2D eigenvalue weighted by Gasteiger charge is -2.03. The van der Waals surface area contributed by atoms with Gasteiger partial charge < -0.3 is 5.32 Å². The van der Waals surface area contributed by atoms with Crippen LogP contribution in [-0.4, -0.2) is 25.5 Å². The first-order valence-corrected chi connectivity index (χ1v) is 9.18. The van der Waals surface area contributed by atoms with Crippen molar-refractivity contribution in [2.24, 2.45) is 0 Å². The first-order valence-electron chi connectivity index (χ1n) is 8.30. The van der Waals surface area contributed by atoms with Crippen LogP contribution in [0.15, 0.2) is 60.1 Å². The van der Waals surface area contributed by atoms with Gasteiger partial charge in [-0.3, -0.25) is 9.20 Å². The minimum Gasteiger partial charge on any atom is -0.348 e. The Kier molecular flexibility index (Phi) is 4.70. The second-order valence-corrected chi connectivity index (χ2v) is 6.84. The van der Waals surface area contributed by atoms with Crippen molar-refractivity contribution in [3.63, 3.8) is 0 Å². The van der Waals surface area contributed by atoms with Crippen LogP contribution in [0, 0.1) is 0 Å². The van der Waals surface area contributed by atoms with Crippen molar-refractivity contribution < 1.29 is 4.79 Å². The highest BCUT2D eigenvalue weighted by atomic mass is 32.1. The number of nitrogens with zero attached hydrogens (tertiary/aromatic N) is 4. The number of thiazole rings is 1. The molecule has 4 aromatic rings. The summed E-state index contributed by atoms with van der Waals surface area (Å²) >= 11 is 1.59. The Labute approximate surface area is 154 Å². The molecule has 6 nitrogen and oxygen atoms in total. The lowest BCUT2D eigenvalue weighted by atomic mass is 10.2. The van der Waals surface area contributed by atoms with Crippen LogP contribution < -0.4 is 5.32 Å². The Hall–Kier alpha value is -3.06. The van der Waals surface area contributed by atoms with Gasteiger partial charge in [0.2, 0.25) is 5.91 Å². The molecule has 0 aliphatic rings. The van der Waals surface area contributed by atoms with Gasteiger partial charge in [0.1, 0.15) is 0 Å². The molecule has 3 heterocycles. The van der Waals surface area contributed by atoms with Crippen LogP contribution >= 0.6 is 11.3 Å². The maximum absolute atomic E-state index is 12.2. The standard InChI is InChI=1S/C19H17N5OS/c25-18(20-12-17-23-22-16-8-4-5-9-24(16)17)11-15-13-26-19(21-15)10-14-6-2-1-3-7-14/h1-9,13H,10-12H2,(H,20,25). The Balaban J connectivity index is 1.33. The van der Waals surface area contributed by atoms with Gasteiger partial charge in [0, 0.05) is 18.0 Å². The zero-order chi connectivity index (χ0) is 17.8. The lowest BCUT2D eigenvalue weighted by Crippen LogP contribution is -2.25. The number of carbonyl (C=O) groups excluding carboxylic acids is 1. The fourth-order valence-electron chi connectivity index (χ4n) is 2.70. The summed E-state index contributed by atoms with van der Waals surface area (Å²) in [6.45, 7) is 0.338. The maximum Gasteiger partial charge on any atom is 0.226 e. The highest BCUT2D eigenvalue weighted by Gasteiger charge is 2.10. The van der Waals surface area contributed by atoms with Gasteiger partial charge in [-0.2, -0.15) is 0 Å². The Bertz CT molecular complexity index is 1020. The average molecular weight is 363 g/mol. The molecule has 130 valence electrons. The molecule has 1 aromatic carbocycles. The molecule has 0 radical (unpaired) electrons. The number of nitrogens with one attached hydrogen (secondary N) is 1. The number of rotatable bonds is 6. The van der Waals surface area contributed by atoms with Crippen molar-refractivity contribution in [1.29, 1.82) is 0 Å². The van der Waals surface area contributed by atoms with Crippen molar-refractivity contribution in [3.8, 4) is 0 Å². The number of fused-ring (bicyclic) bond motifs is 1. The van der Waals surface area contributed by atoms with E-state index in [1.807, 2.05) is 52.4 Å². The van der Waals surface area contributed by atoms with Crippen molar-refractivity contribution >= 4 is 22.9 Å². The summed E-state index contributed by atoms with van der Waals surface area (Å²) < 4.78 is 1.86. The molecule has 0 atom stereocenters. The monoisotopic (exact) mass is 363 g/mol. The molecule has 1 N–H and O–H groups in total. The molecule has 4 rings (SSSR count). The Morgan fingerprint density at radius 1 is 1.08 bits per heavy atom. The quantitative estimate of drug-likeness (QED) is 0.572. The first kappa shape index (κ1) is 16.4. The molecule has 0 fully saturated rings. The predicted molar refractivity (Wildman–Crippen MR) is 99.9 cm³/mol. The third-order valence-corrected chi connectivity index (χ3v) is 4.86. The van der Waals surface area contributed by atoms with Crippen LogP contribution in [0.25, 0.3) is 5.65 Å². The topological polar surface area (TPSA) is 72.2 Å². The van der Waals surface area contributed by atoms with Crippen LogP contribution in [0.1, 0.15) is 22.1 Å². The normalized spacial score (nSPS) is 10.9. The van der Waals surface area contributed by atoms with Crippen molar-refractivity contribution in [2.75, 3.05) is 0 Å². The first-order chi connectivity index (χ1) is 12.8. The summed E-state index contributed by atoms with van der Waals surface area (Å²) in [6.07, 6.45) is 2.94. The summed E-state index contributed by atoms with van der Waals surface area (Å²) in [5, 5.41) is 14.0. The van der Waals surface area contributed by atoms with Crippen molar-refractivity contribution in [2.45, 2.75) is 19.4 Å². The molecule has 7 heteroatoms. The lowest BCUT2D eigenvalue weighted by molar-refractivity contribution is -0.120. The van der Waals surface area contributed by atoms with Crippen LogP contribution in [0.2, 0.25) is 0 Å². The van der Waals surface area contributed by atoms with Crippen LogP contribution in [0.5, 0.6) is 0 Å². The van der Waals surface area contributed by atoms with Crippen LogP contribution in [0.4, 0.5) is 0 Å². The summed E-state index contributed by atoms with van der Waals surface area (Å²) in [4.78, 5) is 16.8. The average Bonchev–Trinajstić information content (AvgIpc) is 3.28. The number of aromatic nitrogens is 4. The fraction of sp³-hybridized carbons (Fsp3) is 0.158. The number of hydrogen-bond acceptors (Lipinski definition) is 5. The zero-order valence-corrected chi connectivity index (χ0v) is 14.8. The second-order valence-electron chi connectivity index (χ2n) is 5.89. The molecular formula is C19H17N5OS. The van der Waals surface area contributed by atoms with Gasteiger partial charge in [-0.15, -0.1) is 21.5 Å². The summed E-state index contributed by atoms with van der Waals surface area (Å²) in [7, 11) is 0. The Morgan fingerprint density at radius 3 is 2.81 bits per heavy atom. The number of benzene rings is 1.